The molecule has 1 nitrogen and oxygen atoms in total. The van der Waals surface area contributed by atoms with E-state index in [0.717, 1.165) is 25.8 Å². The van der Waals surface area contributed by atoms with E-state index in [-0.39, 0.29) is 4.83 Å². The van der Waals surface area contributed by atoms with Gasteiger partial charge in [-0.25, -0.2) is 0 Å². The maximum Gasteiger partial charge on any atom is 0.126 e. The molecule has 0 radical (unpaired) electrons. The largest absolute Gasteiger partial charge is 0.496 e. The number of aryl methyl sites for hydroxylation is 2. The second-order valence-electron chi connectivity index (χ2n) is 5.13. The number of hydrogen-bond donors (Lipinski definition) is 0. The van der Waals surface area contributed by atoms with E-state index in [0.29, 0.717) is 0 Å². The standard InChI is InChI=1S/C17H17Br3O/c1-9-5-6-12(14(19)7-9)16(20)15-11(3)13(18)8-10(2)17(15)21-4/h5-8,16H,1-4H3. The van der Waals surface area contributed by atoms with Crippen LogP contribution < -0.4 is 4.74 Å². The van der Waals surface area contributed by atoms with Crippen molar-refractivity contribution in [3.05, 3.63) is 61.0 Å². The first-order chi connectivity index (χ1) is 9.86. The second kappa shape index (κ2) is 6.84. The highest BCUT2D eigenvalue weighted by Gasteiger charge is 2.22. The Morgan fingerprint density at radius 1 is 1.00 bits per heavy atom. The monoisotopic (exact) mass is 474 g/mol. The third-order valence-electron chi connectivity index (χ3n) is 3.59. The fourth-order valence-electron chi connectivity index (χ4n) is 2.44. The second-order valence-corrected chi connectivity index (χ2v) is 7.76. The lowest BCUT2D eigenvalue weighted by Crippen LogP contribution is -2.03. The van der Waals surface area contributed by atoms with Gasteiger partial charge in [0.25, 0.3) is 0 Å². The summed E-state index contributed by atoms with van der Waals surface area (Å²) in [5, 5.41) is 0. The lowest BCUT2D eigenvalue weighted by molar-refractivity contribution is 0.406. The predicted octanol–water partition coefficient (Wildman–Crippen LogP) is 6.63. The maximum atomic E-state index is 5.65. The van der Waals surface area contributed by atoms with E-state index in [9.17, 15) is 0 Å². The number of methoxy groups -OCH3 is 1. The molecule has 1 unspecified atom stereocenters. The van der Waals surface area contributed by atoms with Gasteiger partial charge in [0.15, 0.2) is 0 Å². The first-order valence-electron chi connectivity index (χ1n) is 6.60. The van der Waals surface area contributed by atoms with Crippen LogP contribution in [-0.4, -0.2) is 7.11 Å². The molecule has 0 amide bonds. The fourth-order valence-corrected chi connectivity index (χ4v) is 4.98. The Morgan fingerprint density at radius 2 is 1.67 bits per heavy atom. The van der Waals surface area contributed by atoms with Crippen molar-refractivity contribution in [1.82, 2.24) is 0 Å². The number of rotatable bonds is 3. The minimum absolute atomic E-state index is 0.0682. The number of halogens is 3. The van der Waals surface area contributed by atoms with Gasteiger partial charge in [0.05, 0.1) is 11.9 Å². The Bertz CT molecular complexity index is 680. The van der Waals surface area contributed by atoms with Crippen LogP contribution in [0.5, 0.6) is 5.75 Å². The summed E-state index contributed by atoms with van der Waals surface area (Å²) in [5.74, 6) is 0.935. The fraction of sp³-hybridized carbons (Fsp3) is 0.294. The molecule has 2 aromatic carbocycles. The average molecular weight is 477 g/mol. The molecule has 0 saturated carbocycles. The summed E-state index contributed by atoms with van der Waals surface area (Å²) in [6.07, 6.45) is 0. The first kappa shape index (κ1) is 17.0. The Labute approximate surface area is 151 Å². The van der Waals surface area contributed by atoms with Gasteiger partial charge >= 0.3 is 0 Å². The molecule has 2 aromatic rings. The minimum atomic E-state index is 0.0682. The van der Waals surface area contributed by atoms with Crippen molar-refractivity contribution >= 4 is 47.8 Å². The van der Waals surface area contributed by atoms with Crippen molar-refractivity contribution in [2.75, 3.05) is 7.11 Å². The molecule has 0 heterocycles. The summed E-state index contributed by atoms with van der Waals surface area (Å²) >= 11 is 11.2. The summed E-state index contributed by atoms with van der Waals surface area (Å²) in [5.41, 5.74) is 5.90. The lowest BCUT2D eigenvalue weighted by atomic mass is 9.96. The van der Waals surface area contributed by atoms with Crippen molar-refractivity contribution in [2.24, 2.45) is 0 Å². The Hall–Kier alpha value is -0.320. The molecule has 0 aliphatic heterocycles. The Balaban J connectivity index is 2.65. The quantitative estimate of drug-likeness (QED) is 0.452. The van der Waals surface area contributed by atoms with Crippen LogP contribution >= 0.6 is 47.8 Å². The summed E-state index contributed by atoms with van der Waals surface area (Å²) in [6.45, 7) is 6.26. The molecular formula is C17H17Br3O. The molecule has 2 rings (SSSR count). The zero-order chi connectivity index (χ0) is 15.7. The van der Waals surface area contributed by atoms with E-state index in [1.807, 2.05) is 0 Å². The normalized spacial score (nSPS) is 12.3. The van der Waals surface area contributed by atoms with E-state index in [1.165, 1.54) is 16.7 Å². The molecule has 0 bridgehead atoms. The average Bonchev–Trinajstić information content (AvgIpc) is 2.41. The summed E-state index contributed by atoms with van der Waals surface area (Å²) in [6, 6.07) is 8.51. The van der Waals surface area contributed by atoms with Crippen LogP contribution in [0.15, 0.2) is 33.2 Å². The number of benzene rings is 2. The molecule has 0 aromatic heterocycles. The van der Waals surface area contributed by atoms with Crippen molar-refractivity contribution in [2.45, 2.75) is 25.6 Å². The predicted molar refractivity (Wildman–Crippen MR) is 99.8 cm³/mol. The lowest BCUT2D eigenvalue weighted by Gasteiger charge is -2.21. The molecule has 21 heavy (non-hydrogen) atoms. The summed E-state index contributed by atoms with van der Waals surface area (Å²) < 4.78 is 7.85. The SMILES string of the molecule is COc1c(C)cc(Br)c(C)c1C(Br)c1ccc(C)cc1Br. The molecule has 0 N–H and O–H groups in total. The Morgan fingerprint density at radius 3 is 2.24 bits per heavy atom. The summed E-state index contributed by atoms with van der Waals surface area (Å²) in [7, 11) is 1.73. The highest BCUT2D eigenvalue weighted by atomic mass is 79.9. The van der Waals surface area contributed by atoms with Gasteiger partial charge in [-0.15, -0.1) is 0 Å². The molecule has 0 fully saturated rings. The van der Waals surface area contributed by atoms with Crippen LogP contribution in [0.4, 0.5) is 0 Å². The molecule has 0 aliphatic carbocycles. The van der Waals surface area contributed by atoms with Gasteiger partial charge in [-0.05, 0) is 55.2 Å². The smallest absolute Gasteiger partial charge is 0.126 e. The number of hydrogen-bond acceptors (Lipinski definition) is 1. The minimum Gasteiger partial charge on any atom is -0.496 e. The van der Waals surface area contributed by atoms with Crippen LogP contribution in [-0.2, 0) is 0 Å². The van der Waals surface area contributed by atoms with Gasteiger partial charge in [-0.2, -0.15) is 0 Å². The highest BCUT2D eigenvalue weighted by molar-refractivity contribution is 9.11. The first-order valence-corrected chi connectivity index (χ1v) is 9.10. The van der Waals surface area contributed by atoms with Crippen LogP contribution in [0.2, 0.25) is 0 Å². The van der Waals surface area contributed by atoms with Crippen LogP contribution in [0.25, 0.3) is 0 Å². The molecule has 1 atom stereocenters. The van der Waals surface area contributed by atoms with Crippen molar-refractivity contribution < 1.29 is 4.74 Å². The Kier molecular flexibility index (Phi) is 5.55. The van der Waals surface area contributed by atoms with Crippen molar-refractivity contribution in [3.63, 3.8) is 0 Å². The van der Waals surface area contributed by atoms with E-state index < -0.39 is 0 Å². The van der Waals surface area contributed by atoms with E-state index in [4.69, 9.17) is 4.74 Å². The molecule has 0 saturated heterocycles. The molecule has 112 valence electrons. The topological polar surface area (TPSA) is 9.23 Å². The van der Waals surface area contributed by atoms with Crippen LogP contribution in [0, 0.1) is 20.8 Å². The van der Waals surface area contributed by atoms with Crippen molar-refractivity contribution in [3.8, 4) is 5.75 Å². The highest BCUT2D eigenvalue weighted by Crippen LogP contribution is 2.44. The van der Waals surface area contributed by atoms with E-state index in [2.05, 4.69) is 92.8 Å². The van der Waals surface area contributed by atoms with Crippen molar-refractivity contribution in [1.29, 1.82) is 0 Å². The number of ether oxygens (including phenoxy) is 1. The molecular weight excluding hydrogens is 460 g/mol. The van der Waals surface area contributed by atoms with Gasteiger partial charge < -0.3 is 4.74 Å². The van der Waals surface area contributed by atoms with Gasteiger partial charge in [0.1, 0.15) is 5.75 Å². The van der Waals surface area contributed by atoms with Gasteiger partial charge in [-0.1, -0.05) is 59.9 Å². The molecule has 0 aliphatic rings. The van der Waals surface area contributed by atoms with Gasteiger partial charge in [-0.3, -0.25) is 0 Å². The number of alkyl halides is 1. The maximum absolute atomic E-state index is 5.65. The van der Waals surface area contributed by atoms with Gasteiger partial charge in [0.2, 0.25) is 0 Å². The molecule has 4 heteroatoms. The van der Waals surface area contributed by atoms with Crippen LogP contribution in [0.1, 0.15) is 32.6 Å². The zero-order valence-electron chi connectivity index (χ0n) is 12.4. The van der Waals surface area contributed by atoms with Crippen LogP contribution in [0.3, 0.4) is 0 Å². The van der Waals surface area contributed by atoms with E-state index >= 15 is 0 Å². The summed E-state index contributed by atoms with van der Waals surface area (Å²) in [4.78, 5) is 0.0682. The zero-order valence-corrected chi connectivity index (χ0v) is 17.2. The van der Waals surface area contributed by atoms with E-state index in [1.54, 1.807) is 7.11 Å². The third-order valence-corrected chi connectivity index (χ3v) is 6.06. The third kappa shape index (κ3) is 3.38. The van der Waals surface area contributed by atoms with Gasteiger partial charge in [0, 0.05) is 14.5 Å². The molecule has 0 spiro atoms.